The third-order valence-electron chi connectivity index (χ3n) is 6.12. The van der Waals surface area contributed by atoms with Crippen molar-refractivity contribution in [1.29, 1.82) is 0 Å². The summed E-state index contributed by atoms with van der Waals surface area (Å²) in [6.07, 6.45) is 0. The molecule has 0 aliphatic carbocycles. The number of methoxy groups -OCH3 is 4. The Morgan fingerprint density at radius 1 is 0.974 bits per heavy atom. The Bertz CT molecular complexity index is 1430. The third kappa shape index (κ3) is 4.45. The number of thiazole rings is 1. The Morgan fingerprint density at radius 3 is 2.05 bits per heavy atom. The van der Waals surface area contributed by atoms with Crippen molar-refractivity contribution >= 4 is 39.7 Å². The SMILES string of the molecule is COc1ccc(C(O)=C2C(=O)C(=O)N(c3nc(C)c(C(C)=O)s3)[C@@H]2c2cc(OC)c(OC)c(OC)c2)cc1. The molecule has 2 heterocycles. The van der Waals surface area contributed by atoms with Crippen molar-refractivity contribution in [3.05, 3.63) is 63.7 Å². The molecule has 198 valence electrons. The fraction of sp³-hybridized carbons (Fsp3) is 0.259. The van der Waals surface area contributed by atoms with Gasteiger partial charge in [0, 0.05) is 12.5 Å². The van der Waals surface area contributed by atoms with E-state index in [1.54, 1.807) is 43.3 Å². The van der Waals surface area contributed by atoms with Crippen LogP contribution in [-0.4, -0.2) is 56.0 Å². The predicted molar refractivity (Wildman–Crippen MR) is 141 cm³/mol. The van der Waals surface area contributed by atoms with Gasteiger partial charge in [0.1, 0.15) is 11.5 Å². The summed E-state index contributed by atoms with van der Waals surface area (Å²) in [6, 6.07) is 8.49. The summed E-state index contributed by atoms with van der Waals surface area (Å²) in [5.41, 5.74) is 0.969. The first-order valence-corrected chi connectivity index (χ1v) is 12.2. The van der Waals surface area contributed by atoms with E-state index in [-0.39, 0.29) is 33.7 Å². The maximum Gasteiger partial charge on any atom is 0.301 e. The van der Waals surface area contributed by atoms with Gasteiger partial charge in [0.25, 0.3) is 5.78 Å². The molecule has 10 nitrogen and oxygen atoms in total. The molecule has 1 aromatic heterocycles. The maximum atomic E-state index is 13.5. The molecule has 11 heteroatoms. The number of anilines is 1. The van der Waals surface area contributed by atoms with Crippen molar-refractivity contribution in [2.45, 2.75) is 19.9 Å². The van der Waals surface area contributed by atoms with Crippen LogP contribution in [0, 0.1) is 6.92 Å². The number of hydrogen-bond donors (Lipinski definition) is 1. The molecule has 1 atom stereocenters. The van der Waals surface area contributed by atoms with Crippen LogP contribution in [0.2, 0.25) is 0 Å². The lowest BCUT2D eigenvalue weighted by atomic mass is 9.94. The van der Waals surface area contributed by atoms with Gasteiger partial charge in [0.05, 0.1) is 50.6 Å². The first-order valence-electron chi connectivity index (χ1n) is 11.4. The number of aryl methyl sites for hydroxylation is 1. The number of hydrogen-bond acceptors (Lipinski definition) is 10. The zero-order valence-electron chi connectivity index (χ0n) is 21.6. The van der Waals surface area contributed by atoms with Crippen molar-refractivity contribution in [3.63, 3.8) is 0 Å². The van der Waals surface area contributed by atoms with E-state index >= 15 is 0 Å². The van der Waals surface area contributed by atoms with E-state index in [1.165, 1.54) is 40.3 Å². The number of aliphatic hydroxyl groups excluding tert-OH is 1. The van der Waals surface area contributed by atoms with Gasteiger partial charge in [-0.05, 0) is 48.9 Å². The standard InChI is InChI=1S/C27H26N2O8S/c1-13-25(14(2)30)38-27(28-13)29-21(16-11-18(35-4)24(37-6)19(12-16)36-5)20(23(32)26(29)33)22(31)15-7-9-17(34-3)10-8-15/h7-12,21,31H,1-6H3/t21-/m1/s1. The second kappa shape index (κ2) is 10.5. The van der Waals surface area contributed by atoms with Crippen LogP contribution in [0.4, 0.5) is 5.13 Å². The third-order valence-corrected chi connectivity index (χ3v) is 7.38. The normalized spacial score (nSPS) is 16.5. The Labute approximate surface area is 223 Å². The van der Waals surface area contributed by atoms with E-state index in [9.17, 15) is 19.5 Å². The van der Waals surface area contributed by atoms with E-state index in [0.29, 0.717) is 33.2 Å². The average molecular weight is 539 g/mol. The lowest BCUT2D eigenvalue weighted by molar-refractivity contribution is -0.132. The number of nitrogens with zero attached hydrogens (tertiary/aromatic N) is 2. The first kappa shape index (κ1) is 26.7. The number of aromatic nitrogens is 1. The average Bonchev–Trinajstić information content (AvgIpc) is 3.43. The Hall–Kier alpha value is -4.38. The van der Waals surface area contributed by atoms with Crippen LogP contribution in [0.5, 0.6) is 23.0 Å². The van der Waals surface area contributed by atoms with Gasteiger partial charge in [-0.2, -0.15) is 0 Å². The molecule has 0 saturated carbocycles. The van der Waals surface area contributed by atoms with Crippen molar-refractivity contribution in [1.82, 2.24) is 4.98 Å². The van der Waals surface area contributed by atoms with Gasteiger partial charge in [-0.1, -0.05) is 11.3 Å². The van der Waals surface area contributed by atoms with Crippen LogP contribution in [0.15, 0.2) is 42.0 Å². The van der Waals surface area contributed by atoms with Crippen molar-refractivity contribution in [2.24, 2.45) is 0 Å². The molecule has 1 amide bonds. The molecule has 2 aromatic carbocycles. The van der Waals surface area contributed by atoms with E-state index in [1.807, 2.05) is 0 Å². The fourth-order valence-electron chi connectivity index (χ4n) is 4.32. The molecule has 1 fully saturated rings. The van der Waals surface area contributed by atoms with E-state index < -0.39 is 17.7 Å². The van der Waals surface area contributed by atoms with Crippen LogP contribution in [0.25, 0.3) is 5.76 Å². The van der Waals surface area contributed by atoms with Gasteiger partial charge in [-0.15, -0.1) is 0 Å². The van der Waals surface area contributed by atoms with E-state index in [0.717, 1.165) is 11.3 Å². The lowest BCUT2D eigenvalue weighted by Crippen LogP contribution is -2.29. The summed E-state index contributed by atoms with van der Waals surface area (Å²) in [7, 11) is 5.85. The number of aliphatic hydroxyl groups is 1. The minimum absolute atomic E-state index is 0.141. The number of Topliss-reactive ketones (excluding diaryl/α,β-unsaturated/α-hetero) is 2. The van der Waals surface area contributed by atoms with Gasteiger partial charge < -0.3 is 24.1 Å². The summed E-state index contributed by atoms with van der Waals surface area (Å²) in [6.45, 7) is 3.05. The predicted octanol–water partition coefficient (Wildman–Crippen LogP) is 4.31. The molecule has 1 aliphatic rings. The number of ketones is 2. The fourth-order valence-corrected chi connectivity index (χ4v) is 5.31. The maximum absolute atomic E-state index is 13.5. The molecule has 0 bridgehead atoms. The van der Waals surface area contributed by atoms with Gasteiger partial charge in [0.2, 0.25) is 5.75 Å². The summed E-state index contributed by atoms with van der Waals surface area (Å²) in [4.78, 5) is 45.0. The van der Waals surface area contributed by atoms with Gasteiger partial charge in [-0.25, -0.2) is 4.98 Å². The highest BCUT2D eigenvalue weighted by molar-refractivity contribution is 7.18. The molecule has 0 unspecified atom stereocenters. The number of carbonyl (C=O) groups is 3. The Balaban J connectivity index is 2.01. The molecule has 0 spiro atoms. The smallest absolute Gasteiger partial charge is 0.301 e. The zero-order chi connectivity index (χ0) is 27.7. The quantitative estimate of drug-likeness (QED) is 0.193. The molecule has 3 aromatic rings. The molecule has 0 radical (unpaired) electrons. The second-order valence-electron chi connectivity index (χ2n) is 8.32. The molecular weight excluding hydrogens is 512 g/mol. The highest BCUT2D eigenvalue weighted by Gasteiger charge is 2.49. The van der Waals surface area contributed by atoms with Crippen LogP contribution in [0.1, 0.15) is 39.5 Å². The van der Waals surface area contributed by atoms with Crippen molar-refractivity contribution in [2.75, 3.05) is 33.3 Å². The van der Waals surface area contributed by atoms with E-state index in [4.69, 9.17) is 18.9 Å². The molecule has 1 saturated heterocycles. The summed E-state index contributed by atoms with van der Waals surface area (Å²) in [5, 5.41) is 11.5. The second-order valence-corrected chi connectivity index (χ2v) is 9.30. The lowest BCUT2D eigenvalue weighted by Gasteiger charge is -2.24. The summed E-state index contributed by atoms with van der Waals surface area (Å²) in [5.74, 6) is -0.962. The number of amides is 1. The van der Waals surface area contributed by atoms with Crippen LogP contribution >= 0.6 is 11.3 Å². The number of benzene rings is 2. The highest BCUT2D eigenvalue weighted by atomic mass is 32.1. The Morgan fingerprint density at radius 2 is 1.58 bits per heavy atom. The monoisotopic (exact) mass is 538 g/mol. The van der Waals surface area contributed by atoms with E-state index in [2.05, 4.69) is 4.98 Å². The minimum atomic E-state index is -1.11. The van der Waals surface area contributed by atoms with Crippen LogP contribution < -0.4 is 23.8 Å². The largest absolute Gasteiger partial charge is 0.507 e. The molecular formula is C27H26N2O8S. The highest BCUT2D eigenvalue weighted by Crippen LogP contribution is 2.48. The number of carbonyl (C=O) groups excluding carboxylic acids is 3. The zero-order valence-corrected chi connectivity index (χ0v) is 22.5. The minimum Gasteiger partial charge on any atom is -0.507 e. The number of ether oxygens (including phenoxy) is 4. The van der Waals surface area contributed by atoms with Gasteiger partial charge >= 0.3 is 5.91 Å². The van der Waals surface area contributed by atoms with Crippen molar-refractivity contribution < 1.29 is 38.4 Å². The molecule has 1 N–H and O–H groups in total. The van der Waals surface area contributed by atoms with Crippen LogP contribution in [-0.2, 0) is 9.59 Å². The molecule has 4 rings (SSSR count). The first-order chi connectivity index (χ1) is 18.2. The van der Waals surface area contributed by atoms with Crippen molar-refractivity contribution in [3.8, 4) is 23.0 Å². The number of rotatable bonds is 8. The Kier molecular flexibility index (Phi) is 7.40. The topological polar surface area (TPSA) is 124 Å². The van der Waals surface area contributed by atoms with Crippen LogP contribution in [0.3, 0.4) is 0 Å². The summed E-state index contributed by atoms with van der Waals surface area (Å²) >= 11 is 0.995. The van der Waals surface area contributed by atoms with Gasteiger partial charge in [0.15, 0.2) is 22.4 Å². The summed E-state index contributed by atoms with van der Waals surface area (Å²) < 4.78 is 21.6. The van der Waals surface area contributed by atoms with Gasteiger partial charge in [-0.3, -0.25) is 19.3 Å². The molecule has 38 heavy (non-hydrogen) atoms. The molecule has 1 aliphatic heterocycles.